The lowest BCUT2D eigenvalue weighted by atomic mass is 10.0. The molecule has 0 bridgehead atoms. The van der Waals surface area contributed by atoms with Gasteiger partial charge in [-0.05, 0) is 75.8 Å². The average molecular weight is 650 g/mol. The molecule has 6 aromatic rings. The van der Waals surface area contributed by atoms with Gasteiger partial charge in [0.05, 0.1) is 14.1 Å². The molecule has 0 aliphatic heterocycles. The Kier molecular flexibility index (Phi) is 7.91. The fourth-order valence-electron chi connectivity index (χ4n) is 3.72. The van der Waals surface area contributed by atoms with Gasteiger partial charge in [-0.1, -0.05) is 30.3 Å². The van der Waals surface area contributed by atoms with E-state index < -0.39 is 0 Å². The third kappa shape index (κ3) is 6.20. The molecule has 2 aromatic carbocycles. The van der Waals surface area contributed by atoms with Crippen LogP contribution in [0.4, 0.5) is 8.78 Å². The Balaban J connectivity index is 0.000000161. The Bertz CT molecular complexity index is 1630. The van der Waals surface area contributed by atoms with Gasteiger partial charge in [0.1, 0.15) is 23.0 Å². The van der Waals surface area contributed by atoms with Gasteiger partial charge < -0.3 is 0 Å². The number of nitrogens with zero attached hydrogens (tertiary/aromatic N) is 10. The zero-order valence-corrected chi connectivity index (χ0v) is 23.7. The van der Waals surface area contributed by atoms with Crippen molar-refractivity contribution in [2.75, 3.05) is 0 Å². The van der Waals surface area contributed by atoms with Crippen molar-refractivity contribution < 1.29 is 8.78 Å². The third-order valence-electron chi connectivity index (χ3n) is 5.68. The summed E-state index contributed by atoms with van der Waals surface area (Å²) in [5.74, 6) is 0.381. The molecule has 0 unspecified atom stereocenters. The predicted octanol–water partition coefficient (Wildman–Crippen LogP) is 5.07. The van der Waals surface area contributed by atoms with Crippen LogP contribution in [-0.4, -0.2) is 50.4 Å². The van der Waals surface area contributed by atoms with Crippen LogP contribution in [0.2, 0.25) is 0 Å². The molecule has 0 amide bonds. The molecule has 13 heteroatoms. The number of aromatic nitrogens is 10. The Morgan fingerprint density at radius 3 is 1.55 bits per heavy atom. The van der Waals surface area contributed by atoms with Crippen molar-refractivity contribution in [1.82, 2.24) is 50.4 Å². The summed E-state index contributed by atoms with van der Waals surface area (Å²) in [6.45, 7) is 1.86. The Morgan fingerprint density at radius 1 is 0.650 bits per heavy atom. The fourth-order valence-corrected chi connectivity index (χ4v) is 4.18. The number of tetrazole rings is 2. The summed E-state index contributed by atoms with van der Waals surface area (Å²) in [6.07, 6.45) is 3.22. The summed E-state index contributed by atoms with van der Waals surface area (Å²) in [6, 6.07) is 17.3. The summed E-state index contributed by atoms with van der Waals surface area (Å²) in [4.78, 5) is 11.2. The summed E-state index contributed by atoms with van der Waals surface area (Å²) < 4.78 is 28.6. The van der Waals surface area contributed by atoms with E-state index in [2.05, 4.69) is 63.4 Å². The number of benzene rings is 2. The molecule has 10 nitrogen and oxygen atoms in total. The predicted molar refractivity (Wildman–Crippen MR) is 152 cm³/mol. The average Bonchev–Trinajstić information content (AvgIpc) is 3.58. The summed E-state index contributed by atoms with van der Waals surface area (Å²) in [5, 5.41) is 23.4. The van der Waals surface area contributed by atoms with Crippen molar-refractivity contribution in [3.63, 3.8) is 0 Å². The highest BCUT2D eigenvalue weighted by atomic mass is 127. The van der Waals surface area contributed by atoms with Gasteiger partial charge in [0.15, 0.2) is 0 Å². The molecule has 0 aliphatic carbocycles. The number of aryl methyl sites for hydroxylation is 3. The van der Waals surface area contributed by atoms with Crippen molar-refractivity contribution in [3.05, 3.63) is 93.8 Å². The number of hydrogen-bond donors (Lipinski definition) is 0. The highest BCUT2D eigenvalue weighted by Crippen LogP contribution is 2.26. The second kappa shape index (κ2) is 11.7. The highest BCUT2D eigenvalue weighted by molar-refractivity contribution is 14.1. The lowest BCUT2D eigenvalue weighted by Crippen LogP contribution is -1.93. The van der Waals surface area contributed by atoms with Crippen molar-refractivity contribution in [1.29, 1.82) is 0 Å². The molecule has 0 spiro atoms. The molecule has 0 N–H and O–H groups in total. The number of pyridine rings is 2. The maximum Gasteiger partial charge on any atom is 0.223 e. The van der Waals surface area contributed by atoms with Crippen LogP contribution in [-0.2, 0) is 14.1 Å². The van der Waals surface area contributed by atoms with Crippen LogP contribution in [0.1, 0.15) is 5.56 Å². The van der Waals surface area contributed by atoms with Crippen LogP contribution in [0.5, 0.6) is 0 Å². The maximum absolute atomic E-state index is 13.9. The zero-order chi connectivity index (χ0) is 28.2. The minimum atomic E-state index is -0.260. The Labute approximate surface area is 241 Å². The molecule has 0 fully saturated rings. The van der Waals surface area contributed by atoms with Gasteiger partial charge in [-0.3, -0.25) is 9.97 Å². The Morgan fingerprint density at radius 2 is 1.15 bits per heavy atom. The molecule has 0 saturated carbocycles. The van der Waals surface area contributed by atoms with Crippen LogP contribution in [0.25, 0.3) is 45.3 Å². The van der Waals surface area contributed by atoms with Gasteiger partial charge in [-0.15, -0.1) is 20.4 Å². The SMILES string of the molecule is Cc1ccc(-c2ccc(-c3nnn(C)n3)nc2)c(F)c1.Cn1nnc(-c2ccc(-c3ccc(I)cc3F)cn2)n1. The first-order valence-electron chi connectivity index (χ1n) is 11.9. The topological polar surface area (TPSA) is 113 Å². The highest BCUT2D eigenvalue weighted by Gasteiger charge is 2.10. The first-order valence-corrected chi connectivity index (χ1v) is 13.0. The van der Waals surface area contributed by atoms with Gasteiger partial charge in [-0.25, -0.2) is 8.78 Å². The molecule has 0 radical (unpaired) electrons. The standard InChI is InChI=1S/C14H12FN5.C13H9FIN5/c1-9-3-5-11(12(15)7-9)10-4-6-13(16-8-10)14-17-19-20(2)18-14;1-20-18-13(17-19-20)12-5-2-8(7-16-12)10-4-3-9(15)6-11(10)14/h3-8H,1-2H3;2-7H,1H3. The van der Waals surface area contributed by atoms with E-state index in [9.17, 15) is 8.78 Å². The first kappa shape index (κ1) is 27.1. The van der Waals surface area contributed by atoms with Crippen LogP contribution >= 0.6 is 22.6 Å². The van der Waals surface area contributed by atoms with Crippen molar-refractivity contribution in [2.24, 2.45) is 14.1 Å². The second-order valence-corrected chi connectivity index (χ2v) is 9.92. The van der Waals surface area contributed by atoms with Gasteiger partial charge >= 0.3 is 0 Å². The quantitative estimate of drug-likeness (QED) is 0.243. The first-order chi connectivity index (χ1) is 19.3. The van der Waals surface area contributed by atoms with E-state index in [-0.39, 0.29) is 11.6 Å². The smallest absolute Gasteiger partial charge is 0.223 e. The van der Waals surface area contributed by atoms with Crippen LogP contribution < -0.4 is 0 Å². The van der Waals surface area contributed by atoms with Gasteiger partial charge in [0, 0.05) is 38.2 Å². The third-order valence-corrected chi connectivity index (χ3v) is 6.35. The minimum Gasteiger partial charge on any atom is -0.252 e. The second-order valence-electron chi connectivity index (χ2n) is 8.68. The molecule has 4 heterocycles. The molecule has 200 valence electrons. The van der Waals surface area contributed by atoms with Crippen molar-refractivity contribution in [2.45, 2.75) is 6.92 Å². The molecule has 0 saturated heterocycles. The number of hydrogen-bond acceptors (Lipinski definition) is 8. The van der Waals surface area contributed by atoms with Crippen molar-refractivity contribution >= 4 is 22.6 Å². The summed E-state index contributed by atoms with van der Waals surface area (Å²) in [5.41, 5.74) is 4.58. The number of halogens is 3. The van der Waals surface area contributed by atoms with E-state index in [1.807, 2.05) is 19.1 Å². The van der Waals surface area contributed by atoms with Gasteiger partial charge in [0.25, 0.3) is 0 Å². The molecule has 0 aliphatic rings. The van der Waals surface area contributed by atoms with Crippen LogP contribution in [0, 0.1) is 22.1 Å². The van der Waals surface area contributed by atoms with E-state index >= 15 is 0 Å². The number of rotatable bonds is 4. The molecular weight excluding hydrogens is 629 g/mol. The van der Waals surface area contributed by atoms with E-state index in [1.165, 1.54) is 21.7 Å². The summed E-state index contributed by atoms with van der Waals surface area (Å²) >= 11 is 2.08. The Hall–Kier alpha value is -4.53. The molecule has 4 aromatic heterocycles. The molecule has 6 rings (SSSR count). The van der Waals surface area contributed by atoms with E-state index in [4.69, 9.17) is 0 Å². The normalized spacial score (nSPS) is 10.8. The molecule has 40 heavy (non-hydrogen) atoms. The molecule has 0 atom stereocenters. The van der Waals surface area contributed by atoms with E-state index in [1.54, 1.807) is 62.9 Å². The zero-order valence-electron chi connectivity index (χ0n) is 21.5. The lowest BCUT2D eigenvalue weighted by Gasteiger charge is -2.04. The van der Waals surface area contributed by atoms with E-state index in [0.717, 1.165) is 14.7 Å². The van der Waals surface area contributed by atoms with Crippen LogP contribution in [0.15, 0.2) is 73.1 Å². The van der Waals surface area contributed by atoms with E-state index in [0.29, 0.717) is 39.7 Å². The fraction of sp³-hybridized carbons (Fsp3) is 0.111. The van der Waals surface area contributed by atoms with Gasteiger partial charge in [-0.2, -0.15) is 9.59 Å². The lowest BCUT2D eigenvalue weighted by molar-refractivity contribution is 0.629. The van der Waals surface area contributed by atoms with Gasteiger partial charge in [0.2, 0.25) is 11.6 Å². The molecular formula is C27H21F2IN10. The maximum atomic E-state index is 13.9. The summed E-state index contributed by atoms with van der Waals surface area (Å²) in [7, 11) is 3.37. The largest absolute Gasteiger partial charge is 0.252 e. The minimum absolute atomic E-state index is 0.253. The monoisotopic (exact) mass is 650 g/mol. The van der Waals surface area contributed by atoms with Crippen molar-refractivity contribution in [3.8, 4) is 45.3 Å². The van der Waals surface area contributed by atoms with Crippen LogP contribution in [0.3, 0.4) is 0 Å².